The predicted molar refractivity (Wildman–Crippen MR) is 78.7 cm³/mol. The SMILES string of the molecule is Cc1ccc(C)c(S(=O)(=O)Nc2ncccc2Br)c1. The van der Waals surface area contributed by atoms with E-state index in [1.165, 1.54) is 6.20 Å². The summed E-state index contributed by atoms with van der Waals surface area (Å²) in [7, 11) is -3.63. The zero-order valence-corrected chi connectivity index (χ0v) is 12.9. The van der Waals surface area contributed by atoms with Gasteiger partial charge in [-0.25, -0.2) is 13.4 Å². The fourth-order valence-corrected chi connectivity index (χ4v) is 3.49. The summed E-state index contributed by atoms with van der Waals surface area (Å²) >= 11 is 3.27. The molecule has 0 saturated heterocycles. The van der Waals surface area contributed by atoms with E-state index in [0.717, 1.165) is 5.56 Å². The Morgan fingerprint density at radius 2 is 1.95 bits per heavy atom. The smallest absolute Gasteiger partial charge is 0.262 e. The van der Waals surface area contributed by atoms with E-state index in [9.17, 15) is 8.42 Å². The van der Waals surface area contributed by atoms with Crippen LogP contribution in [-0.4, -0.2) is 13.4 Å². The quantitative estimate of drug-likeness (QED) is 0.932. The zero-order valence-electron chi connectivity index (χ0n) is 10.5. The third kappa shape index (κ3) is 3.13. The average molecular weight is 341 g/mol. The number of sulfonamides is 1. The molecule has 1 heterocycles. The van der Waals surface area contributed by atoms with Gasteiger partial charge in [0.15, 0.2) is 5.82 Å². The van der Waals surface area contributed by atoms with Gasteiger partial charge >= 0.3 is 0 Å². The number of nitrogens with zero attached hydrogens (tertiary/aromatic N) is 1. The second kappa shape index (κ2) is 5.30. The second-order valence-electron chi connectivity index (χ2n) is 4.21. The molecule has 2 rings (SSSR count). The van der Waals surface area contributed by atoms with Crippen LogP contribution >= 0.6 is 15.9 Å². The summed E-state index contributed by atoms with van der Waals surface area (Å²) in [5, 5.41) is 0. The van der Waals surface area contributed by atoms with Crippen LogP contribution in [0.1, 0.15) is 11.1 Å². The van der Waals surface area contributed by atoms with Crippen LogP contribution in [0.2, 0.25) is 0 Å². The first-order valence-electron chi connectivity index (χ1n) is 5.61. The van der Waals surface area contributed by atoms with Crippen LogP contribution in [0, 0.1) is 13.8 Å². The van der Waals surface area contributed by atoms with Gasteiger partial charge < -0.3 is 0 Å². The summed E-state index contributed by atoms with van der Waals surface area (Å²) in [4.78, 5) is 4.27. The Bertz CT molecular complexity index is 714. The van der Waals surface area contributed by atoms with E-state index < -0.39 is 10.0 Å². The van der Waals surface area contributed by atoms with Crippen molar-refractivity contribution >= 4 is 31.8 Å². The Labute approximate surface area is 121 Å². The van der Waals surface area contributed by atoms with Gasteiger partial charge in [0.25, 0.3) is 10.0 Å². The topological polar surface area (TPSA) is 59.1 Å². The number of hydrogen-bond donors (Lipinski definition) is 1. The molecule has 0 spiro atoms. The molecule has 0 unspecified atom stereocenters. The second-order valence-corrected chi connectivity index (χ2v) is 6.71. The minimum absolute atomic E-state index is 0.269. The Morgan fingerprint density at radius 3 is 2.63 bits per heavy atom. The molecule has 1 N–H and O–H groups in total. The number of hydrogen-bond acceptors (Lipinski definition) is 3. The van der Waals surface area contributed by atoms with Crippen molar-refractivity contribution in [3.8, 4) is 0 Å². The van der Waals surface area contributed by atoms with Gasteiger partial charge in [-0.05, 0) is 59.1 Å². The van der Waals surface area contributed by atoms with Crippen molar-refractivity contribution in [1.29, 1.82) is 0 Å². The van der Waals surface area contributed by atoms with E-state index >= 15 is 0 Å². The van der Waals surface area contributed by atoms with E-state index in [0.29, 0.717) is 10.0 Å². The van der Waals surface area contributed by atoms with Crippen molar-refractivity contribution < 1.29 is 8.42 Å². The summed E-state index contributed by atoms with van der Waals surface area (Å²) < 4.78 is 27.8. The third-order valence-corrected chi connectivity index (χ3v) is 4.74. The standard InChI is InChI=1S/C13H13BrN2O2S/c1-9-5-6-10(2)12(8-9)19(17,18)16-13-11(14)4-3-7-15-13/h3-8H,1-2H3,(H,15,16). The molecule has 0 atom stereocenters. The maximum absolute atomic E-state index is 12.4. The first kappa shape index (κ1) is 14.0. The molecule has 0 fully saturated rings. The van der Waals surface area contributed by atoms with Crippen LogP contribution in [0.5, 0.6) is 0 Å². The summed E-state index contributed by atoms with van der Waals surface area (Å²) in [6.45, 7) is 3.62. The third-order valence-electron chi connectivity index (χ3n) is 2.62. The highest BCUT2D eigenvalue weighted by Crippen LogP contribution is 2.24. The molecule has 1 aromatic heterocycles. The van der Waals surface area contributed by atoms with Gasteiger partial charge in [-0.3, -0.25) is 4.72 Å². The fraction of sp³-hybridized carbons (Fsp3) is 0.154. The van der Waals surface area contributed by atoms with Gasteiger partial charge in [-0.2, -0.15) is 0 Å². The predicted octanol–water partition coefficient (Wildman–Crippen LogP) is 3.26. The number of benzene rings is 1. The van der Waals surface area contributed by atoms with Gasteiger partial charge in [0.05, 0.1) is 9.37 Å². The Morgan fingerprint density at radius 1 is 1.21 bits per heavy atom. The lowest BCUT2D eigenvalue weighted by Crippen LogP contribution is -2.15. The first-order valence-corrected chi connectivity index (χ1v) is 7.88. The van der Waals surface area contributed by atoms with Gasteiger partial charge in [0.2, 0.25) is 0 Å². The van der Waals surface area contributed by atoms with Crippen LogP contribution in [0.25, 0.3) is 0 Å². The average Bonchev–Trinajstić information content (AvgIpc) is 2.35. The minimum atomic E-state index is -3.63. The molecule has 19 heavy (non-hydrogen) atoms. The van der Waals surface area contributed by atoms with Crippen molar-refractivity contribution in [2.75, 3.05) is 4.72 Å². The van der Waals surface area contributed by atoms with Gasteiger partial charge in [-0.15, -0.1) is 0 Å². The zero-order chi connectivity index (χ0) is 14.0. The number of aromatic nitrogens is 1. The molecule has 0 aliphatic heterocycles. The molecule has 2 aromatic rings. The molecule has 0 aliphatic rings. The number of nitrogens with one attached hydrogen (secondary N) is 1. The van der Waals surface area contributed by atoms with Crippen molar-refractivity contribution in [2.45, 2.75) is 18.7 Å². The monoisotopic (exact) mass is 340 g/mol. The maximum atomic E-state index is 12.4. The van der Waals surface area contributed by atoms with Crippen molar-refractivity contribution in [3.05, 3.63) is 52.1 Å². The highest BCUT2D eigenvalue weighted by atomic mass is 79.9. The van der Waals surface area contributed by atoms with Gasteiger partial charge in [0.1, 0.15) is 0 Å². The largest absolute Gasteiger partial charge is 0.263 e. The highest BCUT2D eigenvalue weighted by Gasteiger charge is 2.18. The first-order chi connectivity index (χ1) is 8.90. The van der Waals surface area contributed by atoms with Crippen molar-refractivity contribution in [3.63, 3.8) is 0 Å². The summed E-state index contributed by atoms with van der Waals surface area (Å²) in [5.74, 6) is 0.281. The number of pyridine rings is 1. The van der Waals surface area contributed by atoms with E-state index in [1.54, 1.807) is 31.2 Å². The summed E-state index contributed by atoms with van der Waals surface area (Å²) in [5.41, 5.74) is 1.59. The van der Waals surface area contributed by atoms with Crippen LogP contribution in [0.15, 0.2) is 45.9 Å². The van der Waals surface area contributed by atoms with Crippen molar-refractivity contribution in [1.82, 2.24) is 4.98 Å². The van der Waals surface area contributed by atoms with E-state index in [-0.39, 0.29) is 10.7 Å². The molecule has 0 saturated carbocycles. The van der Waals surface area contributed by atoms with E-state index in [2.05, 4.69) is 25.6 Å². The number of anilines is 1. The highest BCUT2D eigenvalue weighted by molar-refractivity contribution is 9.10. The van der Waals surface area contributed by atoms with Crippen LogP contribution in [0.3, 0.4) is 0 Å². The number of halogens is 1. The fourth-order valence-electron chi connectivity index (χ4n) is 1.64. The maximum Gasteiger partial charge on any atom is 0.263 e. The van der Waals surface area contributed by atoms with Crippen LogP contribution in [-0.2, 0) is 10.0 Å². The minimum Gasteiger partial charge on any atom is -0.262 e. The molecular formula is C13H13BrN2O2S. The van der Waals surface area contributed by atoms with Crippen LogP contribution in [0.4, 0.5) is 5.82 Å². The normalized spacial score (nSPS) is 11.3. The van der Waals surface area contributed by atoms with Gasteiger partial charge in [0, 0.05) is 6.20 Å². The molecule has 0 radical (unpaired) electrons. The molecule has 0 aliphatic carbocycles. The molecule has 6 heteroatoms. The lowest BCUT2D eigenvalue weighted by Gasteiger charge is -2.11. The summed E-state index contributed by atoms with van der Waals surface area (Å²) in [6.07, 6.45) is 1.53. The van der Waals surface area contributed by atoms with Crippen molar-refractivity contribution in [2.24, 2.45) is 0 Å². The molecule has 100 valence electrons. The van der Waals surface area contributed by atoms with Gasteiger partial charge in [-0.1, -0.05) is 12.1 Å². The summed E-state index contributed by atoms with van der Waals surface area (Å²) in [6, 6.07) is 8.77. The Hall–Kier alpha value is -1.40. The van der Waals surface area contributed by atoms with E-state index in [4.69, 9.17) is 0 Å². The molecular weight excluding hydrogens is 328 g/mol. The number of aryl methyl sites for hydroxylation is 2. The number of rotatable bonds is 3. The molecule has 0 amide bonds. The molecule has 1 aromatic carbocycles. The molecule has 0 bridgehead atoms. The Balaban J connectivity index is 2.44. The Kier molecular flexibility index (Phi) is 3.91. The van der Waals surface area contributed by atoms with E-state index in [1.807, 2.05) is 13.0 Å². The lowest BCUT2D eigenvalue weighted by molar-refractivity contribution is 0.600. The molecule has 4 nitrogen and oxygen atoms in total. The lowest BCUT2D eigenvalue weighted by atomic mass is 10.2. The van der Waals surface area contributed by atoms with Crippen LogP contribution < -0.4 is 4.72 Å².